The average molecular weight is 247 g/mol. The average Bonchev–Trinajstić information content (AvgIpc) is 2.66. The van der Waals surface area contributed by atoms with E-state index in [0.29, 0.717) is 6.54 Å². The zero-order valence-electron chi connectivity index (χ0n) is 11.4. The lowest BCUT2D eigenvalue weighted by atomic mass is 10.0. The molecule has 0 saturated carbocycles. The lowest BCUT2D eigenvalue weighted by molar-refractivity contribution is 0.163. The van der Waals surface area contributed by atoms with Gasteiger partial charge in [-0.2, -0.15) is 5.10 Å². The van der Waals surface area contributed by atoms with Crippen molar-refractivity contribution < 1.29 is 5.11 Å². The summed E-state index contributed by atoms with van der Waals surface area (Å²) < 4.78 is 1.83. The molecule has 2 N–H and O–H groups in total. The molecular weight excluding hydrogens is 226 g/mol. The number of aromatic nitrogens is 2. The van der Waals surface area contributed by atoms with E-state index in [-0.39, 0.29) is 5.54 Å². The fraction of sp³-hybridized carbons (Fsp3) is 0.500. The monoisotopic (exact) mass is 247 g/mol. The summed E-state index contributed by atoms with van der Waals surface area (Å²) in [5.74, 6) is 0. The maximum absolute atomic E-state index is 10.2. The van der Waals surface area contributed by atoms with Crippen LogP contribution in [0.3, 0.4) is 0 Å². The summed E-state index contributed by atoms with van der Waals surface area (Å²) in [5, 5.41) is 18.7. The molecule has 18 heavy (non-hydrogen) atoms. The van der Waals surface area contributed by atoms with E-state index in [1.165, 1.54) is 0 Å². The van der Waals surface area contributed by atoms with Crippen LogP contribution in [0.5, 0.6) is 0 Å². The lowest BCUT2D eigenvalue weighted by Crippen LogP contribution is -2.38. The molecule has 2 aromatic rings. The van der Waals surface area contributed by atoms with Crippen LogP contribution in [0, 0.1) is 0 Å². The molecule has 1 aromatic carbocycles. The molecule has 0 unspecified atom stereocenters. The molecule has 0 amide bonds. The molecule has 98 valence electrons. The third-order valence-corrected chi connectivity index (χ3v) is 2.98. The van der Waals surface area contributed by atoms with E-state index < -0.39 is 6.10 Å². The highest BCUT2D eigenvalue weighted by molar-refractivity contribution is 5.79. The predicted octanol–water partition coefficient (Wildman–Crippen LogP) is 1.99. The Kier molecular flexibility index (Phi) is 3.41. The van der Waals surface area contributed by atoms with Crippen molar-refractivity contribution in [3.05, 3.63) is 30.0 Å². The third-order valence-electron chi connectivity index (χ3n) is 2.98. The number of β-amino-alcohol motifs (C(OH)–C–C–N with tert-alkyl or cyclic N) is 1. The van der Waals surface area contributed by atoms with Crippen molar-refractivity contribution in [2.24, 2.45) is 7.05 Å². The first-order valence-electron chi connectivity index (χ1n) is 6.21. The summed E-state index contributed by atoms with van der Waals surface area (Å²) in [5.41, 5.74) is 2.02. The molecule has 0 aliphatic carbocycles. The van der Waals surface area contributed by atoms with Gasteiger partial charge in [-0.3, -0.25) is 4.68 Å². The molecule has 0 aliphatic heterocycles. The molecule has 0 spiro atoms. The Labute approximate surface area is 108 Å². The van der Waals surface area contributed by atoms with E-state index in [0.717, 1.165) is 16.5 Å². The van der Waals surface area contributed by atoms with Crippen molar-refractivity contribution in [3.8, 4) is 0 Å². The Hall–Kier alpha value is -1.39. The maximum atomic E-state index is 10.2. The van der Waals surface area contributed by atoms with Gasteiger partial charge in [0.2, 0.25) is 0 Å². The minimum atomic E-state index is -0.492. The molecule has 0 bridgehead atoms. The van der Waals surface area contributed by atoms with Crippen molar-refractivity contribution in [1.82, 2.24) is 15.1 Å². The molecular formula is C14H21N3O. The highest BCUT2D eigenvalue weighted by atomic mass is 16.3. The summed E-state index contributed by atoms with van der Waals surface area (Å²) in [6.07, 6.45) is 1.33. The Balaban J connectivity index is 2.15. The van der Waals surface area contributed by atoms with Gasteiger partial charge in [0, 0.05) is 24.5 Å². The van der Waals surface area contributed by atoms with E-state index in [9.17, 15) is 5.11 Å². The Morgan fingerprint density at radius 1 is 1.39 bits per heavy atom. The van der Waals surface area contributed by atoms with Gasteiger partial charge < -0.3 is 10.4 Å². The zero-order chi connectivity index (χ0) is 13.3. The van der Waals surface area contributed by atoms with Gasteiger partial charge in [0.05, 0.1) is 17.8 Å². The second-order valence-corrected chi connectivity index (χ2v) is 5.73. The van der Waals surface area contributed by atoms with E-state index >= 15 is 0 Å². The number of nitrogens with one attached hydrogen (secondary N) is 1. The molecule has 0 saturated heterocycles. The molecule has 4 nitrogen and oxygen atoms in total. The quantitative estimate of drug-likeness (QED) is 0.872. The number of benzene rings is 1. The van der Waals surface area contributed by atoms with Crippen molar-refractivity contribution in [2.75, 3.05) is 6.54 Å². The minimum absolute atomic E-state index is 0.0133. The topological polar surface area (TPSA) is 50.1 Å². The Morgan fingerprint density at radius 2 is 2.11 bits per heavy atom. The summed E-state index contributed by atoms with van der Waals surface area (Å²) in [6, 6.07) is 5.95. The van der Waals surface area contributed by atoms with Crippen molar-refractivity contribution >= 4 is 10.9 Å². The van der Waals surface area contributed by atoms with Crippen LogP contribution in [-0.4, -0.2) is 27.0 Å². The number of fused-ring (bicyclic) bond motifs is 1. The smallest absolute Gasteiger partial charge is 0.0914 e. The first kappa shape index (κ1) is 13.1. The van der Waals surface area contributed by atoms with Gasteiger partial charge in [0.15, 0.2) is 0 Å². The van der Waals surface area contributed by atoms with Crippen LogP contribution in [-0.2, 0) is 7.05 Å². The lowest BCUT2D eigenvalue weighted by Gasteiger charge is -2.23. The number of aryl methyl sites for hydroxylation is 1. The number of aliphatic hydroxyl groups is 1. The van der Waals surface area contributed by atoms with Gasteiger partial charge in [-0.15, -0.1) is 0 Å². The number of rotatable bonds is 3. The van der Waals surface area contributed by atoms with E-state index in [2.05, 4.69) is 31.2 Å². The normalized spacial score (nSPS) is 14.1. The molecule has 2 rings (SSSR count). The first-order chi connectivity index (χ1) is 8.37. The van der Waals surface area contributed by atoms with Crippen LogP contribution in [0.4, 0.5) is 0 Å². The van der Waals surface area contributed by atoms with E-state index in [4.69, 9.17) is 0 Å². The molecule has 1 atom stereocenters. The second-order valence-electron chi connectivity index (χ2n) is 5.73. The standard InChI is InChI=1S/C14H21N3O/c1-14(2,3)15-9-13(18)10-5-6-12-11(7-10)8-16-17(12)4/h5-8,13,15,18H,9H2,1-4H3/t13-/m0/s1. The first-order valence-corrected chi connectivity index (χ1v) is 6.21. The number of hydrogen-bond donors (Lipinski definition) is 2. The highest BCUT2D eigenvalue weighted by Gasteiger charge is 2.14. The molecule has 4 heteroatoms. The molecule has 0 aliphatic rings. The van der Waals surface area contributed by atoms with Gasteiger partial charge in [0.1, 0.15) is 0 Å². The second kappa shape index (κ2) is 4.71. The summed E-state index contributed by atoms with van der Waals surface area (Å²) in [6.45, 7) is 6.81. The summed E-state index contributed by atoms with van der Waals surface area (Å²) >= 11 is 0. The van der Waals surface area contributed by atoms with Gasteiger partial charge in [-0.05, 0) is 38.5 Å². The van der Waals surface area contributed by atoms with Crippen molar-refractivity contribution in [3.63, 3.8) is 0 Å². The Morgan fingerprint density at radius 3 is 2.78 bits per heavy atom. The van der Waals surface area contributed by atoms with Crippen LogP contribution >= 0.6 is 0 Å². The van der Waals surface area contributed by atoms with Crippen LogP contribution in [0.1, 0.15) is 32.4 Å². The van der Waals surface area contributed by atoms with Crippen LogP contribution in [0.15, 0.2) is 24.4 Å². The number of hydrogen-bond acceptors (Lipinski definition) is 3. The van der Waals surface area contributed by atoms with Gasteiger partial charge in [0.25, 0.3) is 0 Å². The summed E-state index contributed by atoms with van der Waals surface area (Å²) in [7, 11) is 1.92. The summed E-state index contributed by atoms with van der Waals surface area (Å²) in [4.78, 5) is 0. The van der Waals surface area contributed by atoms with Gasteiger partial charge >= 0.3 is 0 Å². The highest BCUT2D eigenvalue weighted by Crippen LogP contribution is 2.20. The minimum Gasteiger partial charge on any atom is -0.387 e. The van der Waals surface area contributed by atoms with Crippen LogP contribution in [0.25, 0.3) is 10.9 Å². The SMILES string of the molecule is Cn1ncc2cc([C@@H](O)CNC(C)(C)C)ccc21. The fourth-order valence-corrected chi connectivity index (χ4v) is 1.91. The van der Waals surface area contributed by atoms with E-state index in [1.54, 1.807) is 0 Å². The molecule has 1 heterocycles. The largest absolute Gasteiger partial charge is 0.387 e. The van der Waals surface area contributed by atoms with Crippen molar-refractivity contribution in [1.29, 1.82) is 0 Å². The Bertz CT molecular complexity index is 539. The number of aliphatic hydroxyl groups excluding tert-OH is 1. The molecule has 1 aromatic heterocycles. The zero-order valence-corrected chi connectivity index (χ0v) is 11.4. The van der Waals surface area contributed by atoms with E-state index in [1.807, 2.05) is 36.1 Å². The van der Waals surface area contributed by atoms with Crippen LogP contribution < -0.4 is 5.32 Å². The van der Waals surface area contributed by atoms with Crippen LogP contribution in [0.2, 0.25) is 0 Å². The third kappa shape index (κ3) is 2.89. The number of nitrogens with zero attached hydrogens (tertiary/aromatic N) is 2. The fourth-order valence-electron chi connectivity index (χ4n) is 1.91. The van der Waals surface area contributed by atoms with Crippen molar-refractivity contribution in [2.45, 2.75) is 32.4 Å². The maximum Gasteiger partial charge on any atom is 0.0914 e. The predicted molar refractivity (Wildman–Crippen MR) is 73.4 cm³/mol. The van der Waals surface area contributed by atoms with Gasteiger partial charge in [-0.1, -0.05) is 6.07 Å². The van der Waals surface area contributed by atoms with Gasteiger partial charge in [-0.25, -0.2) is 0 Å². The molecule has 0 radical (unpaired) electrons. The molecule has 0 fully saturated rings.